The molecule has 4 nitrogen and oxygen atoms in total. The Balaban J connectivity index is 1.90. The molecular weight excluding hydrogens is 190 g/mol. The zero-order valence-corrected chi connectivity index (χ0v) is 9.62. The van der Waals surface area contributed by atoms with Crippen LogP contribution in [0.2, 0.25) is 0 Å². The van der Waals surface area contributed by atoms with E-state index < -0.39 is 0 Å². The Morgan fingerprint density at radius 3 is 2.73 bits per heavy atom. The lowest BCUT2D eigenvalue weighted by Crippen LogP contribution is -2.46. The van der Waals surface area contributed by atoms with Gasteiger partial charge in [0.1, 0.15) is 0 Å². The van der Waals surface area contributed by atoms with Crippen LogP contribution in [0.1, 0.15) is 33.1 Å². The summed E-state index contributed by atoms with van der Waals surface area (Å²) in [6, 6.07) is 0.395. The summed E-state index contributed by atoms with van der Waals surface area (Å²) in [5.41, 5.74) is 8.99. The van der Waals surface area contributed by atoms with E-state index in [1.54, 1.807) is 5.01 Å². The normalized spacial score (nSPS) is 27.5. The van der Waals surface area contributed by atoms with Gasteiger partial charge in [0.25, 0.3) is 0 Å². The van der Waals surface area contributed by atoms with Crippen LogP contribution in [-0.2, 0) is 4.79 Å². The number of hydrogen-bond acceptors (Lipinski definition) is 3. The molecule has 1 amide bonds. The first-order valence-corrected chi connectivity index (χ1v) is 5.78. The fraction of sp³-hybridized carbons (Fsp3) is 0.909. The molecule has 2 fully saturated rings. The molecule has 1 atom stereocenters. The number of rotatable bonds is 4. The van der Waals surface area contributed by atoms with Crippen molar-refractivity contribution in [2.75, 3.05) is 13.1 Å². The van der Waals surface area contributed by atoms with E-state index in [1.165, 1.54) is 12.8 Å². The number of hydrogen-bond donors (Lipinski definition) is 2. The second kappa shape index (κ2) is 3.76. The number of nitrogens with two attached hydrogens (primary N) is 1. The van der Waals surface area contributed by atoms with Gasteiger partial charge in [-0.2, -0.15) is 0 Å². The third-order valence-electron chi connectivity index (χ3n) is 3.35. The summed E-state index contributed by atoms with van der Waals surface area (Å²) >= 11 is 0. The van der Waals surface area contributed by atoms with Crippen LogP contribution in [0.4, 0.5) is 0 Å². The predicted molar refractivity (Wildman–Crippen MR) is 58.8 cm³/mol. The Hall–Kier alpha value is -0.610. The summed E-state index contributed by atoms with van der Waals surface area (Å²) in [6.07, 6.45) is 3.23. The van der Waals surface area contributed by atoms with Crippen molar-refractivity contribution in [3.8, 4) is 0 Å². The highest BCUT2D eigenvalue weighted by molar-refractivity contribution is 5.78. The summed E-state index contributed by atoms with van der Waals surface area (Å²) in [6.45, 7) is 5.50. The molecule has 1 aliphatic heterocycles. The van der Waals surface area contributed by atoms with Crippen molar-refractivity contribution in [1.82, 2.24) is 10.4 Å². The van der Waals surface area contributed by atoms with E-state index in [1.807, 2.05) is 0 Å². The quantitative estimate of drug-likeness (QED) is 0.711. The average molecular weight is 211 g/mol. The fourth-order valence-electron chi connectivity index (χ4n) is 2.01. The second-order valence-electron chi connectivity index (χ2n) is 5.63. The first-order chi connectivity index (χ1) is 7.02. The van der Waals surface area contributed by atoms with Gasteiger partial charge in [-0.15, -0.1) is 0 Å². The Bertz CT molecular complexity index is 261. The third kappa shape index (κ3) is 2.49. The van der Waals surface area contributed by atoms with Crippen LogP contribution in [0.15, 0.2) is 0 Å². The molecule has 4 heteroatoms. The van der Waals surface area contributed by atoms with E-state index in [0.717, 1.165) is 5.92 Å². The highest BCUT2D eigenvalue weighted by Crippen LogP contribution is 2.36. The summed E-state index contributed by atoms with van der Waals surface area (Å²) in [7, 11) is 0. The van der Waals surface area contributed by atoms with Crippen molar-refractivity contribution in [3.05, 3.63) is 0 Å². The van der Waals surface area contributed by atoms with Crippen molar-refractivity contribution >= 4 is 5.91 Å². The lowest BCUT2D eigenvalue weighted by atomic mass is 9.94. The number of nitrogens with one attached hydrogen (secondary N) is 1. The van der Waals surface area contributed by atoms with Gasteiger partial charge in [-0.1, -0.05) is 13.8 Å². The van der Waals surface area contributed by atoms with Crippen molar-refractivity contribution in [1.29, 1.82) is 0 Å². The van der Waals surface area contributed by atoms with Gasteiger partial charge in [0, 0.05) is 19.0 Å². The lowest BCUT2D eigenvalue weighted by molar-refractivity contribution is -0.130. The monoisotopic (exact) mass is 211 g/mol. The lowest BCUT2D eigenvalue weighted by Gasteiger charge is -2.29. The first kappa shape index (κ1) is 10.9. The number of carbonyl (C=O) groups excluding carboxylic acids is 1. The number of hydrazine groups is 1. The molecule has 0 bridgehead atoms. The Morgan fingerprint density at radius 1 is 1.53 bits per heavy atom. The number of amides is 1. The molecule has 0 aromatic heterocycles. The van der Waals surface area contributed by atoms with Crippen LogP contribution >= 0.6 is 0 Å². The largest absolute Gasteiger partial charge is 0.330 e. The standard InChI is InChI=1S/C11H21N3O/c1-11(2,6-12)7-14-10(15)5-9(13-14)8-3-4-8/h8-9,13H,3-7,12H2,1-2H3. The van der Waals surface area contributed by atoms with Gasteiger partial charge in [0.2, 0.25) is 5.91 Å². The predicted octanol–water partition coefficient (Wildman–Crippen LogP) is 0.487. The van der Waals surface area contributed by atoms with Crippen molar-refractivity contribution in [3.63, 3.8) is 0 Å². The molecule has 1 saturated heterocycles. The summed E-state index contributed by atoms with van der Waals surface area (Å²) in [5.74, 6) is 0.966. The molecule has 2 rings (SSSR count). The maximum absolute atomic E-state index is 11.7. The minimum absolute atomic E-state index is 0.00109. The highest BCUT2D eigenvalue weighted by atomic mass is 16.2. The van der Waals surface area contributed by atoms with Gasteiger partial charge in [-0.25, -0.2) is 5.43 Å². The molecule has 1 unspecified atom stereocenters. The summed E-state index contributed by atoms with van der Waals surface area (Å²) < 4.78 is 0. The molecule has 0 radical (unpaired) electrons. The van der Waals surface area contributed by atoms with E-state index in [-0.39, 0.29) is 11.3 Å². The molecule has 0 spiro atoms. The molecule has 2 aliphatic rings. The number of carbonyl (C=O) groups is 1. The minimum Gasteiger partial charge on any atom is -0.330 e. The molecule has 15 heavy (non-hydrogen) atoms. The van der Waals surface area contributed by atoms with E-state index >= 15 is 0 Å². The van der Waals surface area contributed by atoms with Crippen LogP contribution in [0.5, 0.6) is 0 Å². The zero-order valence-electron chi connectivity index (χ0n) is 9.62. The molecular formula is C11H21N3O. The highest BCUT2D eigenvalue weighted by Gasteiger charge is 2.40. The average Bonchev–Trinajstić information content (AvgIpc) is 2.94. The smallest absolute Gasteiger partial charge is 0.238 e. The Kier molecular flexibility index (Phi) is 2.73. The maximum Gasteiger partial charge on any atom is 0.238 e. The van der Waals surface area contributed by atoms with Crippen LogP contribution in [-0.4, -0.2) is 30.0 Å². The van der Waals surface area contributed by atoms with Gasteiger partial charge in [-0.05, 0) is 30.7 Å². The molecule has 86 valence electrons. The van der Waals surface area contributed by atoms with Crippen molar-refractivity contribution < 1.29 is 4.79 Å². The zero-order chi connectivity index (χ0) is 11.1. The second-order valence-corrected chi connectivity index (χ2v) is 5.63. The van der Waals surface area contributed by atoms with Crippen molar-refractivity contribution in [2.45, 2.75) is 39.2 Å². The van der Waals surface area contributed by atoms with E-state index in [9.17, 15) is 4.79 Å². The Labute approximate surface area is 91.2 Å². The topological polar surface area (TPSA) is 58.4 Å². The number of nitrogens with zero attached hydrogens (tertiary/aromatic N) is 1. The third-order valence-corrected chi connectivity index (χ3v) is 3.35. The van der Waals surface area contributed by atoms with Crippen LogP contribution < -0.4 is 11.2 Å². The van der Waals surface area contributed by atoms with Gasteiger partial charge in [0.15, 0.2) is 0 Å². The van der Waals surface area contributed by atoms with Gasteiger partial charge >= 0.3 is 0 Å². The first-order valence-electron chi connectivity index (χ1n) is 5.78. The molecule has 0 aromatic rings. The fourth-order valence-corrected chi connectivity index (χ4v) is 2.01. The Morgan fingerprint density at radius 2 is 2.20 bits per heavy atom. The van der Waals surface area contributed by atoms with Gasteiger partial charge in [0.05, 0.1) is 0 Å². The summed E-state index contributed by atoms with van der Waals surface area (Å²) in [5, 5.41) is 1.77. The van der Waals surface area contributed by atoms with E-state index in [4.69, 9.17) is 5.73 Å². The SMILES string of the molecule is CC(C)(CN)CN1NC(C2CC2)CC1=O. The van der Waals surface area contributed by atoms with Crippen molar-refractivity contribution in [2.24, 2.45) is 17.1 Å². The van der Waals surface area contributed by atoms with Crippen LogP contribution in [0.25, 0.3) is 0 Å². The molecule has 1 heterocycles. The van der Waals surface area contributed by atoms with Crippen LogP contribution in [0, 0.1) is 11.3 Å². The van der Waals surface area contributed by atoms with Crippen LogP contribution in [0.3, 0.4) is 0 Å². The van der Waals surface area contributed by atoms with E-state index in [0.29, 0.717) is 25.6 Å². The van der Waals surface area contributed by atoms with Gasteiger partial charge < -0.3 is 5.73 Å². The minimum atomic E-state index is 0.00109. The van der Waals surface area contributed by atoms with Gasteiger partial charge in [-0.3, -0.25) is 9.80 Å². The molecule has 1 saturated carbocycles. The molecule has 0 aromatic carbocycles. The molecule has 1 aliphatic carbocycles. The summed E-state index contributed by atoms with van der Waals surface area (Å²) in [4.78, 5) is 11.7. The molecule has 3 N–H and O–H groups in total. The maximum atomic E-state index is 11.7. The van der Waals surface area contributed by atoms with E-state index in [2.05, 4.69) is 19.3 Å².